The second-order valence-corrected chi connectivity index (χ2v) is 6.70. The van der Waals surface area contributed by atoms with Gasteiger partial charge >= 0.3 is 6.03 Å². The number of urea groups is 1. The number of carbonyl (C=O) groups is 2. The largest absolute Gasteiger partial charge is 0.329 e. The fraction of sp³-hybridized carbons (Fsp3) is 0.238. The molecule has 26 heavy (non-hydrogen) atoms. The maximum absolute atomic E-state index is 12.4. The summed E-state index contributed by atoms with van der Waals surface area (Å²) < 4.78 is 2.16. The van der Waals surface area contributed by atoms with Gasteiger partial charge in [0.1, 0.15) is 5.70 Å². The summed E-state index contributed by atoms with van der Waals surface area (Å²) in [5.74, 6) is -0.328. The summed E-state index contributed by atoms with van der Waals surface area (Å²) in [5, 5.41) is 2.64. The molecule has 2 heterocycles. The van der Waals surface area contributed by atoms with Crippen LogP contribution in [0.15, 0.2) is 42.6 Å². The van der Waals surface area contributed by atoms with Gasteiger partial charge in [0.2, 0.25) is 0 Å². The molecule has 1 N–H and O–H groups in total. The van der Waals surface area contributed by atoms with Crippen LogP contribution in [0.3, 0.4) is 0 Å². The molecule has 1 saturated heterocycles. The van der Waals surface area contributed by atoms with Crippen molar-refractivity contribution in [3.05, 3.63) is 70.7 Å². The minimum Gasteiger partial charge on any atom is -0.318 e. The molecule has 0 radical (unpaired) electrons. The van der Waals surface area contributed by atoms with Gasteiger partial charge in [0.25, 0.3) is 5.91 Å². The number of benzene rings is 1. The second-order valence-electron chi connectivity index (χ2n) is 6.70. The molecule has 134 valence electrons. The van der Waals surface area contributed by atoms with E-state index in [1.54, 1.807) is 6.08 Å². The van der Waals surface area contributed by atoms with E-state index in [4.69, 9.17) is 0 Å². The fourth-order valence-corrected chi connectivity index (χ4v) is 3.43. The highest BCUT2D eigenvalue weighted by Crippen LogP contribution is 2.25. The number of amides is 3. The van der Waals surface area contributed by atoms with Crippen molar-refractivity contribution in [1.29, 1.82) is 0 Å². The van der Waals surface area contributed by atoms with Crippen LogP contribution in [0, 0.1) is 27.7 Å². The van der Waals surface area contributed by atoms with Gasteiger partial charge in [-0.3, -0.25) is 9.69 Å². The summed E-state index contributed by atoms with van der Waals surface area (Å²) in [5.41, 5.74) is 6.78. The highest BCUT2D eigenvalue weighted by molar-refractivity contribution is 6.14. The second kappa shape index (κ2) is 6.67. The Balaban J connectivity index is 2.02. The predicted octanol–water partition coefficient (Wildman–Crippen LogP) is 3.79. The van der Waals surface area contributed by atoms with Gasteiger partial charge in [0.15, 0.2) is 0 Å². The molecule has 0 atom stereocenters. The number of aromatic nitrogens is 1. The molecule has 1 aromatic heterocycles. The molecule has 3 rings (SSSR count). The first-order valence-electron chi connectivity index (χ1n) is 8.55. The van der Waals surface area contributed by atoms with Gasteiger partial charge < -0.3 is 9.88 Å². The van der Waals surface area contributed by atoms with Crippen LogP contribution in [0.1, 0.15) is 28.1 Å². The van der Waals surface area contributed by atoms with Gasteiger partial charge in [-0.15, -0.1) is 6.58 Å². The van der Waals surface area contributed by atoms with Crippen LogP contribution in [0.5, 0.6) is 0 Å². The first kappa shape index (κ1) is 17.7. The van der Waals surface area contributed by atoms with Gasteiger partial charge in [-0.2, -0.15) is 0 Å². The van der Waals surface area contributed by atoms with Crippen molar-refractivity contribution in [3.8, 4) is 5.69 Å². The molecule has 0 saturated carbocycles. The Labute approximate surface area is 153 Å². The summed E-state index contributed by atoms with van der Waals surface area (Å²) in [6, 6.07) is 8.03. The molecule has 0 spiro atoms. The lowest BCUT2D eigenvalue weighted by Crippen LogP contribution is -2.30. The van der Waals surface area contributed by atoms with E-state index in [2.05, 4.69) is 48.5 Å². The Morgan fingerprint density at radius 3 is 2.31 bits per heavy atom. The van der Waals surface area contributed by atoms with Gasteiger partial charge in [0, 0.05) is 23.6 Å². The molecule has 3 amide bonds. The van der Waals surface area contributed by atoms with Crippen molar-refractivity contribution >= 4 is 18.0 Å². The summed E-state index contributed by atoms with van der Waals surface area (Å²) in [6.45, 7) is 12.0. The van der Waals surface area contributed by atoms with Crippen molar-refractivity contribution in [1.82, 2.24) is 14.8 Å². The number of nitrogens with one attached hydrogen (secondary N) is 1. The minimum atomic E-state index is -0.413. The number of aryl methyl sites for hydroxylation is 3. The van der Waals surface area contributed by atoms with Crippen molar-refractivity contribution in [2.75, 3.05) is 6.54 Å². The molecule has 1 aromatic carbocycles. The maximum Gasteiger partial charge on any atom is 0.329 e. The van der Waals surface area contributed by atoms with E-state index in [1.165, 1.54) is 17.2 Å². The lowest BCUT2D eigenvalue weighted by molar-refractivity contribution is -0.122. The standard InChI is InChI=1S/C21H23N3O2/c1-6-7-23-20(25)19(22-21(23)26)12-17-11-15(4)24(16(17)5)18-9-13(2)8-14(3)10-18/h6,8-12H,1,7H2,2-5H3,(H,22,26)/b19-12-. The molecule has 1 aliphatic heterocycles. The number of imide groups is 1. The topological polar surface area (TPSA) is 54.3 Å². The van der Waals surface area contributed by atoms with Gasteiger partial charge in [-0.05, 0) is 68.7 Å². The highest BCUT2D eigenvalue weighted by Gasteiger charge is 2.32. The summed E-state index contributed by atoms with van der Waals surface area (Å²) in [7, 11) is 0. The Morgan fingerprint density at radius 2 is 1.69 bits per heavy atom. The van der Waals surface area contributed by atoms with E-state index >= 15 is 0 Å². The number of rotatable bonds is 4. The van der Waals surface area contributed by atoms with E-state index < -0.39 is 6.03 Å². The Hall–Kier alpha value is -3.08. The van der Waals surface area contributed by atoms with Crippen LogP contribution < -0.4 is 5.32 Å². The Kier molecular flexibility index (Phi) is 4.55. The van der Waals surface area contributed by atoms with Crippen LogP contribution >= 0.6 is 0 Å². The summed E-state index contributed by atoms with van der Waals surface area (Å²) >= 11 is 0. The zero-order valence-corrected chi connectivity index (χ0v) is 15.6. The third-order valence-electron chi connectivity index (χ3n) is 4.51. The van der Waals surface area contributed by atoms with Crippen molar-refractivity contribution in [3.63, 3.8) is 0 Å². The lowest BCUT2D eigenvalue weighted by atomic mass is 10.1. The fourth-order valence-electron chi connectivity index (χ4n) is 3.43. The molecule has 0 aliphatic carbocycles. The maximum atomic E-state index is 12.4. The van der Waals surface area contributed by atoms with Crippen molar-refractivity contribution in [2.45, 2.75) is 27.7 Å². The average Bonchev–Trinajstić information content (AvgIpc) is 2.97. The molecule has 2 aromatic rings. The lowest BCUT2D eigenvalue weighted by Gasteiger charge is -2.12. The number of carbonyl (C=O) groups excluding carboxylic acids is 2. The Morgan fingerprint density at radius 1 is 1.04 bits per heavy atom. The van der Waals surface area contributed by atoms with Crippen molar-refractivity contribution in [2.24, 2.45) is 0 Å². The third kappa shape index (κ3) is 3.08. The minimum absolute atomic E-state index is 0.198. The van der Waals surface area contributed by atoms with Crippen LogP contribution in [0.4, 0.5) is 4.79 Å². The molecule has 1 fully saturated rings. The molecule has 5 nitrogen and oxygen atoms in total. The SMILES string of the molecule is C=CCN1C(=O)N/C(=C\c2cc(C)n(-c3cc(C)cc(C)c3)c2C)C1=O. The molecular weight excluding hydrogens is 326 g/mol. The van der Waals surface area contributed by atoms with Gasteiger partial charge in [0.05, 0.1) is 0 Å². The average molecular weight is 349 g/mol. The summed E-state index contributed by atoms with van der Waals surface area (Å²) in [4.78, 5) is 25.5. The van der Waals surface area contributed by atoms with Gasteiger partial charge in [-0.1, -0.05) is 12.1 Å². The van der Waals surface area contributed by atoms with E-state index in [0.717, 1.165) is 27.5 Å². The quantitative estimate of drug-likeness (QED) is 0.519. The van der Waals surface area contributed by atoms with Crippen LogP contribution in [-0.4, -0.2) is 28.0 Å². The number of nitrogens with zero attached hydrogens (tertiary/aromatic N) is 2. The molecular formula is C21H23N3O2. The first-order valence-corrected chi connectivity index (χ1v) is 8.55. The van der Waals surface area contributed by atoms with Crippen LogP contribution in [0.2, 0.25) is 0 Å². The zero-order chi connectivity index (χ0) is 19.0. The van der Waals surface area contributed by atoms with Gasteiger partial charge in [-0.25, -0.2) is 4.79 Å². The monoisotopic (exact) mass is 349 g/mol. The van der Waals surface area contributed by atoms with Crippen LogP contribution in [0.25, 0.3) is 11.8 Å². The molecule has 0 bridgehead atoms. The number of hydrogen-bond acceptors (Lipinski definition) is 2. The van der Waals surface area contributed by atoms with E-state index in [1.807, 2.05) is 19.9 Å². The summed E-state index contributed by atoms with van der Waals surface area (Å²) in [6.07, 6.45) is 3.27. The smallest absolute Gasteiger partial charge is 0.318 e. The normalized spacial score (nSPS) is 15.7. The highest BCUT2D eigenvalue weighted by atomic mass is 16.2. The predicted molar refractivity (Wildman–Crippen MR) is 103 cm³/mol. The molecule has 0 unspecified atom stereocenters. The molecule has 1 aliphatic rings. The van der Waals surface area contributed by atoms with Crippen LogP contribution in [-0.2, 0) is 4.79 Å². The third-order valence-corrected chi connectivity index (χ3v) is 4.51. The number of hydrogen-bond donors (Lipinski definition) is 1. The van der Waals surface area contributed by atoms with E-state index in [9.17, 15) is 9.59 Å². The Bertz CT molecular complexity index is 930. The van der Waals surface area contributed by atoms with Crippen molar-refractivity contribution < 1.29 is 9.59 Å². The zero-order valence-electron chi connectivity index (χ0n) is 15.6. The molecule has 5 heteroatoms. The first-order chi connectivity index (χ1) is 12.3. The van der Waals surface area contributed by atoms with E-state index in [-0.39, 0.29) is 18.1 Å². The van der Waals surface area contributed by atoms with E-state index in [0.29, 0.717) is 0 Å².